The molecule has 1 amide bonds. The second kappa shape index (κ2) is 8.52. The van der Waals surface area contributed by atoms with Crippen LogP contribution in [-0.2, 0) is 16.3 Å². The van der Waals surface area contributed by atoms with E-state index in [1.165, 1.54) is 40.0 Å². The van der Waals surface area contributed by atoms with E-state index in [1.807, 2.05) is 0 Å². The summed E-state index contributed by atoms with van der Waals surface area (Å²) in [7, 11) is 3.00. The van der Waals surface area contributed by atoms with Crippen LogP contribution in [0.3, 0.4) is 0 Å². The van der Waals surface area contributed by atoms with Gasteiger partial charge in [-0.2, -0.15) is 13.2 Å². The molecular weight excluding hydrogens is 415 g/mol. The van der Waals surface area contributed by atoms with Gasteiger partial charge < -0.3 is 19.9 Å². The van der Waals surface area contributed by atoms with Crippen molar-refractivity contribution in [3.63, 3.8) is 0 Å². The molecule has 2 N–H and O–H groups in total. The number of alkyl carbamates (subject to hydrolysis) is 1. The monoisotopic (exact) mass is 436 g/mol. The number of carboxylic acids is 1. The fraction of sp³-hybridized carbons (Fsp3) is 0.316. The predicted molar refractivity (Wildman–Crippen MR) is 111 cm³/mol. The molecule has 1 aromatic carbocycles. The molecule has 1 aromatic heterocycles. The van der Waals surface area contributed by atoms with Crippen molar-refractivity contribution in [2.75, 3.05) is 0 Å². The van der Waals surface area contributed by atoms with E-state index in [1.54, 1.807) is 20.8 Å². The number of amides is 1. The summed E-state index contributed by atoms with van der Waals surface area (Å²) in [5, 5.41) is 10.3. The van der Waals surface area contributed by atoms with E-state index in [9.17, 15) is 22.8 Å². The first-order chi connectivity index (χ1) is 14.1. The number of alkyl halides is 3. The molecule has 0 radical (unpaired) electrons. The number of rotatable bonds is 5. The zero-order valence-corrected chi connectivity index (χ0v) is 17.6. The minimum atomic E-state index is -4.78. The molecule has 7 nitrogen and oxygen atoms in total. The summed E-state index contributed by atoms with van der Waals surface area (Å²) in [6.07, 6.45) is -5.58. The molecule has 0 atom stereocenters. The Morgan fingerprint density at radius 1 is 1.10 bits per heavy atom. The summed E-state index contributed by atoms with van der Waals surface area (Å²) in [6, 6.07) is 7.29. The van der Waals surface area contributed by atoms with E-state index in [2.05, 4.69) is 10.3 Å². The number of pyridine rings is 1. The van der Waals surface area contributed by atoms with Gasteiger partial charge in [-0.25, -0.2) is 14.6 Å². The van der Waals surface area contributed by atoms with Gasteiger partial charge in [0, 0.05) is 11.4 Å². The Morgan fingerprint density at radius 2 is 1.74 bits per heavy atom. The Kier molecular flexibility index (Phi) is 6.63. The van der Waals surface area contributed by atoms with Gasteiger partial charge >= 0.3 is 18.2 Å². The smallest absolute Gasteiger partial charge is 0.433 e. The first-order valence-corrected chi connectivity index (χ1v) is 9.19. The molecular formula is C19H21B2F3N2O5. The third kappa shape index (κ3) is 6.94. The Labute approximate surface area is 178 Å². The lowest BCUT2D eigenvalue weighted by atomic mass is 9.58. The number of benzene rings is 1. The summed E-state index contributed by atoms with van der Waals surface area (Å²) in [6.45, 7) is 4.97. The van der Waals surface area contributed by atoms with E-state index in [4.69, 9.17) is 14.6 Å². The molecule has 2 aromatic rings. The maximum Gasteiger partial charge on any atom is 0.433 e. The second-order valence-electron chi connectivity index (χ2n) is 8.26. The summed E-state index contributed by atoms with van der Waals surface area (Å²) in [4.78, 5) is 26.7. The third-order valence-corrected chi connectivity index (χ3v) is 3.93. The minimum Gasteiger partial charge on any atom is -0.478 e. The highest BCUT2D eigenvalue weighted by atomic mass is 19.4. The average molecular weight is 436 g/mol. The molecule has 164 valence electrons. The van der Waals surface area contributed by atoms with Crippen LogP contribution in [0.4, 0.5) is 18.0 Å². The highest BCUT2D eigenvalue weighted by molar-refractivity contribution is 6.40. The molecule has 0 saturated heterocycles. The van der Waals surface area contributed by atoms with Crippen molar-refractivity contribution >= 4 is 27.8 Å². The van der Waals surface area contributed by atoms with Crippen LogP contribution in [0.25, 0.3) is 0 Å². The van der Waals surface area contributed by atoms with Gasteiger partial charge in [-0.1, -0.05) is 6.07 Å². The Morgan fingerprint density at radius 3 is 2.29 bits per heavy atom. The molecule has 12 heteroatoms. The number of aromatic nitrogens is 1. The molecule has 0 spiro atoms. The van der Waals surface area contributed by atoms with Crippen LogP contribution in [0.2, 0.25) is 0 Å². The Bertz CT molecular complexity index is 991. The van der Waals surface area contributed by atoms with Crippen molar-refractivity contribution in [3.05, 3.63) is 53.2 Å². The first kappa shape index (κ1) is 24.1. The molecule has 0 saturated carbocycles. The van der Waals surface area contributed by atoms with Gasteiger partial charge in [-0.15, -0.1) is 0 Å². The SMILES string of the molecule is BC(B)(NC(=O)OC(C)(C)C)c1cc(Oc2cccc(C(=O)O)c2)nc(C(F)(F)F)c1. The Balaban J connectivity index is 2.43. The number of carboxylic acid groups (broad SMARTS) is 1. The van der Waals surface area contributed by atoms with Crippen LogP contribution in [0.1, 0.15) is 42.4 Å². The van der Waals surface area contributed by atoms with Gasteiger partial charge in [0.15, 0.2) is 0 Å². The lowest BCUT2D eigenvalue weighted by Crippen LogP contribution is -2.49. The highest BCUT2D eigenvalue weighted by Crippen LogP contribution is 2.33. The van der Waals surface area contributed by atoms with Gasteiger partial charge in [-0.3, -0.25) is 0 Å². The largest absolute Gasteiger partial charge is 0.478 e. The van der Waals surface area contributed by atoms with Gasteiger partial charge in [0.1, 0.15) is 32.7 Å². The average Bonchev–Trinajstić information content (AvgIpc) is 2.58. The molecule has 0 fully saturated rings. The standard InChI is InChI=1S/C19H21B2F3N2O5/c1-17(2,3)31-16(29)26-18(20,21)11-8-13(19(22,23)24)25-14(9-11)30-12-6-4-5-10(7-12)15(27)28/h4-9H,20-21H2,1-3H3,(H,26,29)(H,27,28). The predicted octanol–water partition coefficient (Wildman–Crippen LogP) is 2.49. The highest BCUT2D eigenvalue weighted by Gasteiger charge is 2.36. The summed E-state index contributed by atoms with van der Waals surface area (Å²) < 4.78 is 50.9. The van der Waals surface area contributed by atoms with Crippen molar-refractivity contribution in [2.24, 2.45) is 0 Å². The van der Waals surface area contributed by atoms with Crippen LogP contribution in [0.5, 0.6) is 11.6 Å². The van der Waals surface area contributed by atoms with Crippen LogP contribution in [0, 0.1) is 0 Å². The van der Waals surface area contributed by atoms with Crippen LogP contribution in [-0.4, -0.2) is 43.4 Å². The first-order valence-electron chi connectivity index (χ1n) is 9.19. The third-order valence-electron chi connectivity index (χ3n) is 3.93. The fourth-order valence-electron chi connectivity index (χ4n) is 2.51. The summed E-state index contributed by atoms with van der Waals surface area (Å²) in [5.41, 5.74) is -2.06. The molecule has 0 aliphatic heterocycles. The van der Waals surface area contributed by atoms with E-state index < -0.39 is 40.8 Å². The molecule has 0 aliphatic rings. The van der Waals surface area contributed by atoms with Crippen LogP contribution in [0.15, 0.2) is 36.4 Å². The molecule has 0 aliphatic carbocycles. The molecule has 1 heterocycles. The summed E-state index contributed by atoms with van der Waals surface area (Å²) in [5.74, 6) is -1.63. The van der Waals surface area contributed by atoms with Crippen molar-refractivity contribution < 1.29 is 37.3 Å². The quantitative estimate of drug-likeness (QED) is 0.700. The number of nitrogens with one attached hydrogen (secondary N) is 1. The zero-order chi connectivity index (χ0) is 23.6. The van der Waals surface area contributed by atoms with Crippen molar-refractivity contribution in [1.29, 1.82) is 0 Å². The normalized spacial score (nSPS) is 12.2. The number of ether oxygens (including phenoxy) is 2. The Hall–Kier alpha value is -3.17. The van der Waals surface area contributed by atoms with Crippen molar-refractivity contribution in [3.8, 4) is 11.6 Å². The van der Waals surface area contributed by atoms with Gasteiger partial charge in [0.2, 0.25) is 5.88 Å². The molecule has 0 unspecified atom stereocenters. The summed E-state index contributed by atoms with van der Waals surface area (Å²) >= 11 is 0. The lowest BCUT2D eigenvalue weighted by Gasteiger charge is -2.30. The fourth-order valence-corrected chi connectivity index (χ4v) is 2.51. The van der Waals surface area contributed by atoms with E-state index >= 15 is 0 Å². The molecule has 31 heavy (non-hydrogen) atoms. The molecule has 2 rings (SSSR count). The number of aromatic carboxylic acids is 1. The van der Waals surface area contributed by atoms with Gasteiger partial charge in [0.05, 0.1) is 5.56 Å². The second-order valence-corrected chi connectivity index (χ2v) is 8.26. The number of carbonyl (C=O) groups excluding carboxylic acids is 1. The number of hydrogen-bond acceptors (Lipinski definition) is 5. The van der Waals surface area contributed by atoms with Crippen molar-refractivity contribution in [2.45, 2.75) is 37.9 Å². The van der Waals surface area contributed by atoms with E-state index in [0.29, 0.717) is 0 Å². The maximum absolute atomic E-state index is 13.4. The van der Waals surface area contributed by atoms with Gasteiger partial charge in [-0.05, 0) is 50.6 Å². The van der Waals surface area contributed by atoms with E-state index in [-0.39, 0.29) is 16.9 Å². The minimum absolute atomic E-state index is 0.00409. The number of carbonyl (C=O) groups is 2. The van der Waals surface area contributed by atoms with Gasteiger partial charge in [0.25, 0.3) is 0 Å². The zero-order valence-electron chi connectivity index (χ0n) is 17.6. The topological polar surface area (TPSA) is 97.8 Å². The maximum atomic E-state index is 13.4. The van der Waals surface area contributed by atoms with E-state index in [0.717, 1.165) is 12.1 Å². The number of halogens is 3. The number of nitrogens with zero attached hydrogens (tertiary/aromatic N) is 1. The number of hydrogen-bond donors (Lipinski definition) is 2. The molecule has 0 bridgehead atoms. The van der Waals surface area contributed by atoms with Crippen LogP contribution >= 0.6 is 0 Å². The van der Waals surface area contributed by atoms with Crippen molar-refractivity contribution in [1.82, 2.24) is 10.3 Å². The van der Waals surface area contributed by atoms with Crippen LogP contribution < -0.4 is 10.1 Å². The lowest BCUT2D eigenvalue weighted by molar-refractivity contribution is -0.141.